The van der Waals surface area contributed by atoms with Gasteiger partial charge in [0, 0.05) is 15.6 Å². The first-order chi connectivity index (χ1) is 10.6. The van der Waals surface area contributed by atoms with E-state index in [1.807, 2.05) is 30.3 Å². The smallest absolute Gasteiger partial charge is 0.234 e. The first-order valence-electron chi connectivity index (χ1n) is 6.31. The highest BCUT2D eigenvalue weighted by atomic mass is 35.5. The molecule has 0 heterocycles. The van der Waals surface area contributed by atoms with E-state index in [0.717, 1.165) is 11.1 Å². The second kappa shape index (κ2) is 8.17. The molecule has 0 spiro atoms. The van der Waals surface area contributed by atoms with Crippen LogP contribution < -0.4 is 11.2 Å². The summed E-state index contributed by atoms with van der Waals surface area (Å²) in [6.45, 7) is 0. The van der Waals surface area contributed by atoms with Crippen LogP contribution in [-0.2, 0) is 0 Å². The monoisotopic (exact) mass is 333 g/mol. The van der Waals surface area contributed by atoms with Gasteiger partial charge in [-0.05, 0) is 23.8 Å². The van der Waals surface area contributed by atoms with Gasteiger partial charge in [0.15, 0.2) is 0 Å². The zero-order chi connectivity index (χ0) is 15.8. The van der Waals surface area contributed by atoms with Gasteiger partial charge in [-0.25, -0.2) is 5.43 Å². The molecule has 0 aliphatic carbocycles. The largest absolute Gasteiger partial charge is 0.367 e. The van der Waals surface area contributed by atoms with Gasteiger partial charge in [0.1, 0.15) is 0 Å². The molecule has 2 aromatic rings. The number of guanidine groups is 1. The van der Waals surface area contributed by atoms with E-state index >= 15 is 0 Å². The van der Waals surface area contributed by atoms with Crippen molar-refractivity contribution in [3.8, 4) is 0 Å². The average Bonchev–Trinajstić information content (AvgIpc) is 2.51. The summed E-state index contributed by atoms with van der Waals surface area (Å²) in [6.07, 6.45) is 3.11. The summed E-state index contributed by atoms with van der Waals surface area (Å²) in [6, 6.07) is 14.5. The lowest BCUT2D eigenvalue weighted by Gasteiger charge is -1.97. The second-order valence-electron chi connectivity index (χ2n) is 4.17. The van der Waals surface area contributed by atoms with Crippen molar-refractivity contribution in [3.63, 3.8) is 0 Å². The molecule has 0 aliphatic rings. The number of hydrogen-bond donors (Lipinski definition) is 2. The number of nitrogens with one attached hydrogen (secondary N) is 1. The third-order valence-corrected chi connectivity index (χ3v) is 3.13. The van der Waals surface area contributed by atoms with E-state index in [2.05, 4.69) is 20.7 Å². The van der Waals surface area contributed by atoms with Gasteiger partial charge < -0.3 is 5.73 Å². The molecule has 0 radical (unpaired) electrons. The summed E-state index contributed by atoms with van der Waals surface area (Å²) >= 11 is 11.8. The molecule has 2 rings (SSSR count). The summed E-state index contributed by atoms with van der Waals surface area (Å²) in [5.41, 5.74) is 9.82. The van der Waals surface area contributed by atoms with Gasteiger partial charge in [-0.3, -0.25) is 0 Å². The van der Waals surface area contributed by atoms with Crippen LogP contribution in [0.4, 0.5) is 0 Å². The zero-order valence-electron chi connectivity index (χ0n) is 11.4. The van der Waals surface area contributed by atoms with Crippen molar-refractivity contribution in [2.45, 2.75) is 0 Å². The van der Waals surface area contributed by atoms with E-state index in [1.54, 1.807) is 24.4 Å². The Bertz CT molecular complexity index is 708. The Morgan fingerprint density at radius 2 is 1.73 bits per heavy atom. The van der Waals surface area contributed by atoms with Crippen LogP contribution in [0.25, 0.3) is 0 Å². The minimum absolute atomic E-state index is 0.0634. The number of nitrogens with two attached hydrogens (primary N) is 1. The highest BCUT2D eigenvalue weighted by Crippen LogP contribution is 2.12. The summed E-state index contributed by atoms with van der Waals surface area (Å²) in [5, 5.41) is 12.8. The van der Waals surface area contributed by atoms with Crippen LogP contribution in [-0.4, -0.2) is 18.4 Å². The molecular formula is C15H13Cl2N5. The highest BCUT2D eigenvalue weighted by molar-refractivity contribution is 6.33. The molecule has 0 bridgehead atoms. The van der Waals surface area contributed by atoms with Crippen molar-refractivity contribution in [3.05, 3.63) is 69.7 Å². The van der Waals surface area contributed by atoms with Crippen LogP contribution >= 0.6 is 23.2 Å². The van der Waals surface area contributed by atoms with Crippen molar-refractivity contribution in [1.82, 2.24) is 5.43 Å². The molecule has 2 aromatic carbocycles. The molecule has 0 aromatic heterocycles. The number of nitrogens with zero attached hydrogens (tertiary/aromatic N) is 3. The number of hydrazone groups is 1. The van der Waals surface area contributed by atoms with Crippen molar-refractivity contribution in [2.24, 2.45) is 21.0 Å². The van der Waals surface area contributed by atoms with Gasteiger partial charge in [0.2, 0.25) is 5.96 Å². The maximum absolute atomic E-state index is 5.98. The Kier molecular flexibility index (Phi) is 5.94. The molecular weight excluding hydrogens is 321 g/mol. The van der Waals surface area contributed by atoms with Gasteiger partial charge in [-0.15, -0.1) is 5.10 Å². The molecule has 22 heavy (non-hydrogen) atoms. The quantitative estimate of drug-likeness (QED) is 0.512. The summed E-state index contributed by atoms with van der Waals surface area (Å²) in [7, 11) is 0. The molecule has 0 fully saturated rings. The minimum Gasteiger partial charge on any atom is -0.367 e. The number of benzene rings is 2. The number of hydrogen-bond acceptors (Lipinski definition) is 3. The second-order valence-corrected chi connectivity index (χ2v) is 5.02. The third-order valence-electron chi connectivity index (χ3n) is 2.53. The predicted molar refractivity (Wildman–Crippen MR) is 92.9 cm³/mol. The van der Waals surface area contributed by atoms with Crippen LogP contribution in [0.1, 0.15) is 11.1 Å². The Balaban J connectivity index is 1.90. The first kappa shape index (κ1) is 16.0. The fourth-order valence-corrected chi connectivity index (χ4v) is 1.79. The highest BCUT2D eigenvalue weighted by Gasteiger charge is 1.93. The fraction of sp³-hybridized carbons (Fsp3) is 0. The Labute approximate surface area is 138 Å². The maximum Gasteiger partial charge on any atom is 0.234 e. The van der Waals surface area contributed by atoms with Crippen LogP contribution in [0.2, 0.25) is 10.0 Å². The van der Waals surface area contributed by atoms with Crippen LogP contribution in [0.15, 0.2) is 63.8 Å². The molecule has 7 heteroatoms. The van der Waals surface area contributed by atoms with E-state index in [1.165, 1.54) is 6.21 Å². The van der Waals surface area contributed by atoms with E-state index in [-0.39, 0.29) is 5.96 Å². The van der Waals surface area contributed by atoms with Gasteiger partial charge in [-0.2, -0.15) is 10.2 Å². The van der Waals surface area contributed by atoms with Crippen molar-refractivity contribution < 1.29 is 0 Å². The van der Waals surface area contributed by atoms with Crippen molar-refractivity contribution in [1.29, 1.82) is 0 Å². The fourth-order valence-electron chi connectivity index (χ4n) is 1.48. The average molecular weight is 334 g/mol. The third kappa shape index (κ3) is 5.20. The molecule has 0 saturated heterocycles. The van der Waals surface area contributed by atoms with Crippen LogP contribution in [0, 0.1) is 0 Å². The van der Waals surface area contributed by atoms with Crippen molar-refractivity contribution >= 4 is 41.6 Å². The molecule has 5 nitrogen and oxygen atoms in total. The lowest BCUT2D eigenvalue weighted by Crippen LogP contribution is -2.26. The molecule has 112 valence electrons. The van der Waals surface area contributed by atoms with E-state index < -0.39 is 0 Å². The van der Waals surface area contributed by atoms with E-state index in [9.17, 15) is 0 Å². The van der Waals surface area contributed by atoms with Crippen molar-refractivity contribution in [2.75, 3.05) is 0 Å². The van der Waals surface area contributed by atoms with Crippen LogP contribution in [0.3, 0.4) is 0 Å². The normalized spacial score (nSPS) is 12.2. The molecule has 0 saturated carbocycles. The lowest BCUT2D eigenvalue weighted by molar-refractivity contribution is 0.994. The van der Waals surface area contributed by atoms with Gasteiger partial charge >= 0.3 is 0 Å². The van der Waals surface area contributed by atoms with E-state index in [0.29, 0.717) is 10.0 Å². The zero-order valence-corrected chi connectivity index (χ0v) is 13.0. The molecule has 3 N–H and O–H groups in total. The van der Waals surface area contributed by atoms with Crippen LogP contribution in [0.5, 0.6) is 0 Å². The van der Waals surface area contributed by atoms with Gasteiger partial charge in [0.05, 0.1) is 12.4 Å². The van der Waals surface area contributed by atoms with E-state index in [4.69, 9.17) is 28.9 Å². The Morgan fingerprint density at radius 1 is 1.00 bits per heavy atom. The first-order valence-corrected chi connectivity index (χ1v) is 7.06. The van der Waals surface area contributed by atoms with Gasteiger partial charge in [0.25, 0.3) is 0 Å². The van der Waals surface area contributed by atoms with Gasteiger partial charge in [-0.1, -0.05) is 53.5 Å². The standard InChI is InChI=1S/C15H13Cl2N5/c16-13-7-5-11(6-8-13)9-19-21-15(18)22-20-10-12-3-1-2-4-14(12)17/h1-10H,(H3,18,21,22)/b19-9+,20-10+. The maximum atomic E-state index is 5.98. The molecule has 0 amide bonds. The molecule has 0 atom stereocenters. The molecule has 0 unspecified atom stereocenters. The Morgan fingerprint density at radius 3 is 2.45 bits per heavy atom. The summed E-state index contributed by atoms with van der Waals surface area (Å²) in [5.74, 6) is 0.0634. The molecule has 0 aliphatic heterocycles. The number of halogens is 2. The number of rotatable bonds is 4. The predicted octanol–water partition coefficient (Wildman–Crippen LogP) is 3.27. The SMILES string of the molecule is NC(=N/N=C/c1ccccc1Cl)N/N=C/c1ccc(Cl)cc1. The lowest BCUT2D eigenvalue weighted by atomic mass is 10.2. The summed E-state index contributed by atoms with van der Waals surface area (Å²) < 4.78 is 0. The summed E-state index contributed by atoms with van der Waals surface area (Å²) in [4.78, 5) is 0. The topological polar surface area (TPSA) is 75.1 Å². The Hall–Kier alpha value is -2.37. The minimum atomic E-state index is 0.0634.